The summed E-state index contributed by atoms with van der Waals surface area (Å²) in [4.78, 5) is 8.67. The SMILES string of the molecule is COc1ccccc1C(Sc1ncc(C)cn1)C(C)N. The van der Waals surface area contributed by atoms with Crippen molar-refractivity contribution >= 4 is 11.8 Å². The van der Waals surface area contributed by atoms with Crippen LogP contribution in [0.1, 0.15) is 23.3 Å². The summed E-state index contributed by atoms with van der Waals surface area (Å²) in [7, 11) is 1.67. The van der Waals surface area contributed by atoms with E-state index in [1.807, 2.05) is 50.5 Å². The minimum absolute atomic E-state index is 0.0406. The summed E-state index contributed by atoms with van der Waals surface area (Å²) in [5, 5.41) is 0.776. The fourth-order valence-corrected chi connectivity index (χ4v) is 2.90. The number of methoxy groups -OCH3 is 1. The van der Waals surface area contributed by atoms with E-state index in [0.29, 0.717) is 0 Å². The van der Waals surface area contributed by atoms with Crippen molar-refractivity contribution in [2.24, 2.45) is 5.73 Å². The predicted molar refractivity (Wildman–Crippen MR) is 82.0 cm³/mol. The van der Waals surface area contributed by atoms with Crippen LogP contribution in [-0.2, 0) is 0 Å². The minimum atomic E-state index is -0.0406. The second-order valence-corrected chi connectivity index (χ2v) is 5.79. The fraction of sp³-hybridized carbons (Fsp3) is 0.333. The molecular formula is C15H19N3OS. The lowest BCUT2D eigenvalue weighted by Gasteiger charge is -2.21. The normalized spacial score (nSPS) is 13.8. The molecule has 2 rings (SSSR count). The highest BCUT2D eigenvalue weighted by Crippen LogP contribution is 2.39. The van der Waals surface area contributed by atoms with Crippen molar-refractivity contribution in [2.75, 3.05) is 7.11 Å². The van der Waals surface area contributed by atoms with Gasteiger partial charge in [-0.3, -0.25) is 0 Å². The maximum atomic E-state index is 6.14. The van der Waals surface area contributed by atoms with E-state index in [4.69, 9.17) is 10.5 Å². The number of rotatable bonds is 5. The number of hydrogen-bond donors (Lipinski definition) is 1. The van der Waals surface area contributed by atoms with Crippen LogP contribution >= 0.6 is 11.8 Å². The Bertz CT molecular complexity index is 557. The number of aryl methyl sites for hydroxylation is 1. The molecule has 0 radical (unpaired) electrons. The first-order valence-corrected chi connectivity index (χ1v) is 7.33. The van der Waals surface area contributed by atoms with E-state index in [1.165, 1.54) is 0 Å². The van der Waals surface area contributed by atoms with Crippen LogP contribution in [0.2, 0.25) is 0 Å². The zero-order valence-electron chi connectivity index (χ0n) is 11.9. The van der Waals surface area contributed by atoms with Crippen molar-refractivity contribution < 1.29 is 4.74 Å². The number of thioether (sulfide) groups is 1. The Hall–Kier alpha value is -1.59. The average molecular weight is 289 g/mol. The number of para-hydroxylation sites is 1. The third-order valence-corrected chi connectivity index (χ3v) is 4.27. The Morgan fingerprint density at radius 3 is 2.45 bits per heavy atom. The van der Waals surface area contributed by atoms with Gasteiger partial charge in [0.25, 0.3) is 0 Å². The van der Waals surface area contributed by atoms with Crippen molar-refractivity contribution in [3.05, 3.63) is 47.8 Å². The lowest BCUT2D eigenvalue weighted by atomic mass is 10.1. The minimum Gasteiger partial charge on any atom is -0.496 e. The first kappa shape index (κ1) is 14.8. The van der Waals surface area contributed by atoms with Crippen molar-refractivity contribution in [3.8, 4) is 5.75 Å². The van der Waals surface area contributed by atoms with E-state index in [2.05, 4.69) is 9.97 Å². The zero-order valence-corrected chi connectivity index (χ0v) is 12.7. The smallest absolute Gasteiger partial charge is 0.188 e. The van der Waals surface area contributed by atoms with Crippen LogP contribution in [0.3, 0.4) is 0 Å². The summed E-state index contributed by atoms with van der Waals surface area (Å²) >= 11 is 1.56. The zero-order chi connectivity index (χ0) is 14.5. The highest BCUT2D eigenvalue weighted by Gasteiger charge is 2.22. The van der Waals surface area contributed by atoms with E-state index in [0.717, 1.165) is 22.0 Å². The van der Waals surface area contributed by atoms with Crippen molar-refractivity contribution in [1.29, 1.82) is 0 Å². The third kappa shape index (κ3) is 3.49. The summed E-state index contributed by atoms with van der Waals surface area (Å²) < 4.78 is 5.42. The maximum absolute atomic E-state index is 6.14. The maximum Gasteiger partial charge on any atom is 0.188 e. The predicted octanol–water partition coefficient (Wildman–Crippen LogP) is 2.97. The molecule has 4 nitrogen and oxygen atoms in total. The number of hydrogen-bond acceptors (Lipinski definition) is 5. The number of aromatic nitrogens is 2. The van der Waals surface area contributed by atoms with Crippen LogP contribution in [0, 0.1) is 6.92 Å². The van der Waals surface area contributed by atoms with Gasteiger partial charge in [0.15, 0.2) is 5.16 Å². The molecular weight excluding hydrogens is 270 g/mol. The summed E-state index contributed by atoms with van der Waals surface area (Å²) in [5.41, 5.74) is 8.25. The second kappa shape index (κ2) is 6.72. The molecule has 2 atom stereocenters. The third-order valence-electron chi connectivity index (χ3n) is 2.91. The lowest BCUT2D eigenvalue weighted by Crippen LogP contribution is -2.23. The topological polar surface area (TPSA) is 61.0 Å². The van der Waals surface area contributed by atoms with Gasteiger partial charge in [0.1, 0.15) is 5.75 Å². The molecule has 1 aromatic heterocycles. The molecule has 0 saturated heterocycles. The molecule has 1 heterocycles. The van der Waals surface area contributed by atoms with E-state index in [-0.39, 0.29) is 11.3 Å². The second-order valence-electron chi connectivity index (χ2n) is 4.68. The Morgan fingerprint density at radius 2 is 1.85 bits per heavy atom. The number of benzene rings is 1. The van der Waals surface area contributed by atoms with Gasteiger partial charge in [-0.05, 0) is 25.5 Å². The molecule has 0 bridgehead atoms. The molecule has 0 aliphatic carbocycles. The highest BCUT2D eigenvalue weighted by molar-refractivity contribution is 7.99. The molecule has 20 heavy (non-hydrogen) atoms. The molecule has 2 unspecified atom stereocenters. The molecule has 1 aromatic carbocycles. The van der Waals surface area contributed by atoms with Crippen molar-refractivity contribution in [3.63, 3.8) is 0 Å². The molecule has 0 saturated carbocycles. The Balaban J connectivity index is 2.29. The van der Waals surface area contributed by atoms with Gasteiger partial charge in [-0.2, -0.15) is 0 Å². The van der Waals surface area contributed by atoms with Gasteiger partial charge in [0.05, 0.1) is 12.4 Å². The van der Waals surface area contributed by atoms with Gasteiger partial charge in [-0.25, -0.2) is 9.97 Å². The molecule has 106 valence electrons. The Labute approximate surface area is 123 Å². The van der Waals surface area contributed by atoms with E-state index in [1.54, 1.807) is 18.9 Å². The van der Waals surface area contributed by atoms with Crippen LogP contribution in [0.25, 0.3) is 0 Å². The molecule has 0 aliphatic rings. The number of ether oxygens (including phenoxy) is 1. The molecule has 5 heteroatoms. The van der Waals surface area contributed by atoms with E-state index < -0.39 is 0 Å². The fourth-order valence-electron chi connectivity index (χ4n) is 1.91. The number of nitrogens with zero attached hydrogens (tertiary/aromatic N) is 2. The highest BCUT2D eigenvalue weighted by atomic mass is 32.2. The summed E-state index contributed by atoms with van der Waals surface area (Å²) in [6.07, 6.45) is 3.63. The van der Waals surface area contributed by atoms with Crippen LogP contribution in [0.5, 0.6) is 5.75 Å². The molecule has 0 amide bonds. The number of nitrogens with two attached hydrogens (primary N) is 1. The van der Waals surface area contributed by atoms with Crippen LogP contribution < -0.4 is 10.5 Å². The van der Waals surface area contributed by atoms with Gasteiger partial charge in [-0.1, -0.05) is 30.0 Å². The van der Waals surface area contributed by atoms with Gasteiger partial charge >= 0.3 is 0 Å². The molecule has 0 fully saturated rings. The van der Waals surface area contributed by atoms with Gasteiger partial charge < -0.3 is 10.5 Å². The quantitative estimate of drug-likeness (QED) is 0.677. The van der Waals surface area contributed by atoms with Gasteiger partial charge in [0.2, 0.25) is 0 Å². The lowest BCUT2D eigenvalue weighted by molar-refractivity contribution is 0.408. The first-order chi connectivity index (χ1) is 9.61. The van der Waals surface area contributed by atoms with Gasteiger partial charge in [0, 0.05) is 24.0 Å². The van der Waals surface area contributed by atoms with Crippen LogP contribution in [0.15, 0.2) is 41.8 Å². The van der Waals surface area contributed by atoms with E-state index >= 15 is 0 Å². The monoisotopic (exact) mass is 289 g/mol. The van der Waals surface area contributed by atoms with Crippen molar-refractivity contribution in [2.45, 2.75) is 30.3 Å². The summed E-state index contributed by atoms with van der Waals surface area (Å²) in [5.74, 6) is 0.842. The Kier molecular flexibility index (Phi) is 4.98. The Morgan fingerprint density at radius 1 is 1.20 bits per heavy atom. The van der Waals surface area contributed by atoms with Gasteiger partial charge in [-0.15, -0.1) is 0 Å². The standard InChI is InChI=1S/C15H19N3OS/c1-10-8-17-15(18-9-10)20-14(11(2)16)12-6-4-5-7-13(12)19-3/h4-9,11,14H,16H2,1-3H3. The molecule has 0 aliphatic heterocycles. The van der Waals surface area contributed by atoms with Crippen molar-refractivity contribution in [1.82, 2.24) is 9.97 Å². The van der Waals surface area contributed by atoms with Crippen LogP contribution in [-0.4, -0.2) is 23.1 Å². The molecule has 0 spiro atoms. The summed E-state index contributed by atoms with van der Waals surface area (Å²) in [6.45, 7) is 3.95. The average Bonchev–Trinajstić information content (AvgIpc) is 2.46. The largest absolute Gasteiger partial charge is 0.496 e. The first-order valence-electron chi connectivity index (χ1n) is 6.45. The molecule has 2 N–H and O–H groups in total. The molecule has 2 aromatic rings. The van der Waals surface area contributed by atoms with Crippen LogP contribution in [0.4, 0.5) is 0 Å². The summed E-state index contributed by atoms with van der Waals surface area (Å²) in [6, 6.07) is 7.88. The van der Waals surface area contributed by atoms with E-state index in [9.17, 15) is 0 Å².